The van der Waals surface area contributed by atoms with Crippen LogP contribution in [0.25, 0.3) is 122 Å². The van der Waals surface area contributed by atoms with E-state index in [1.807, 2.05) is 30.3 Å². The molecule has 0 spiro atoms. The van der Waals surface area contributed by atoms with E-state index >= 15 is 0 Å². The Morgan fingerprint density at radius 2 is 0.647 bits per heavy atom. The van der Waals surface area contributed by atoms with Crippen molar-refractivity contribution in [3.05, 3.63) is 243 Å². The average Bonchev–Trinajstić information content (AvgIpc) is 3.94. The SMILES string of the molecule is c1ccc(-c2ccc3c(c2)c2ccccc2n3-c2cc(-c3ccc(-c4nc(-c5ccncc5)cc(-c5ccncc5)n4)cc3)cc(-n3c4ccccc4c4cc(-c5ccccc5)ccc43)c2)cc1. The van der Waals surface area contributed by atoms with E-state index in [9.17, 15) is 0 Å². The molecule has 6 nitrogen and oxygen atoms in total. The molecule has 0 amide bonds. The van der Waals surface area contributed by atoms with Crippen LogP contribution in [-0.2, 0) is 0 Å². The third kappa shape index (κ3) is 6.82. The molecule has 0 radical (unpaired) electrons. The van der Waals surface area contributed by atoms with E-state index in [2.05, 4.69) is 207 Å². The number of hydrogen-bond acceptors (Lipinski definition) is 4. The fraction of sp³-hybridized carbons (Fsp3) is 0. The lowest BCUT2D eigenvalue weighted by molar-refractivity contribution is 1.13. The van der Waals surface area contributed by atoms with E-state index in [0.717, 1.165) is 72.6 Å². The molecule has 68 heavy (non-hydrogen) atoms. The Hall–Kier alpha value is -9.26. The van der Waals surface area contributed by atoms with Gasteiger partial charge in [0.2, 0.25) is 0 Å². The van der Waals surface area contributed by atoms with Crippen LogP contribution in [-0.4, -0.2) is 29.1 Å². The van der Waals surface area contributed by atoms with Crippen molar-refractivity contribution >= 4 is 43.6 Å². The van der Waals surface area contributed by atoms with Crippen LogP contribution in [0.4, 0.5) is 0 Å². The number of aromatic nitrogens is 6. The van der Waals surface area contributed by atoms with Gasteiger partial charge in [-0.3, -0.25) is 9.97 Å². The smallest absolute Gasteiger partial charge is 0.160 e. The van der Waals surface area contributed by atoms with Crippen molar-refractivity contribution in [2.45, 2.75) is 0 Å². The highest BCUT2D eigenvalue weighted by molar-refractivity contribution is 6.12. The van der Waals surface area contributed by atoms with Crippen molar-refractivity contribution in [1.29, 1.82) is 0 Å². The molecule has 13 rings (SSSR count). The van der Waals surface area contributed by atoms with Crippen molar-refractivity contribution in [3.8, 4) is 78.7 Å². The van der Waals surface area contributed by atoms with Crippen molar-refractivity contribution in [1.82, 2.24) is 29.1 Å². The Balaban J connectivity index is 1.01. The molecule has 0 aliphatic heterocycles. The average molecular weight is 869 g/mol. The fourth-order valence-corrected chi connectivity index (χ4v) is 9.87. The summed E-state index contributed by atoms with van der Waals surface area (Å²) in [4.78, 5) is 18.7. The molecule has 318 valence electrons. The second-order valence-electron chi connectivity index (χ2n) is 17.2. The van der Waals surface area contributed by atoms with Crippen molar-refractivity contribution in [2.75, 3.05) is 0 Å². The predicted octanol–water partition coefficient (Wildman–Crippen LogP) is 15.5. The van der Waals surface area contributed by atoms with Gasteiger partial charge in [0.05, 0.1) is 33.5 Å². The van der Waals surface area contributed by atoms with Gasteiger partial charge < -0.3 is 9.13 Å². The first-order valence-electron chi connectivity index (χ1n) is 22.8. The first-order valence-corrected chi connectivity index (χ1v) is 22.8. The summed E-state index contributed by atoms with van der Waals surface area (Å²) in [5.41, 5.74) is 18.2. The van der Waals surface area contributed by atoms with Crippen LogP contribution in [0.2, 0.25) is 0 Å². The highest BCUT2D eigenvalue weighted by Gasteiger charge is 2.19. The van der Waals surface area contributed by atoms with E-state index in [4.69, 9.17) is 9.97 Å². The second kappa shape index (κ2) is 16.3. The summed E-state index contributed by atoms with van der Waals surface area (Å²) in [6, 6.07) is 78.2. The minimum atomic E-state index is 0.646. The van der Waals surface area contributed by atoms with Gasteiger partial charge in [0.15, 0.2) is 5.82 Å². The largest absolute Gasteiger partial charge is 0.309 e. The summed E-state index contributed by atoms with van der Waals surface area (Å²) in [7, 11) is 0. The summed E-state index contributed by atoms with van der Waals surface area (Å²) in [6.45, 7) is 0. The Bertz CT molecular complexity index is 3760. The molecule has 0 aliphatic rings. The molecular formula is C62H40N6. The van der Waals surface area contributed by atoms with E-state index < -0.39 is 0 Å². The number of para-hydroxylation sites is 2. The molecule has 6 heteroatoms. The van der Waals surface area contributed by atoms with E-state index in [-0.39, 0.29) is 0 Å². The molecule has 0 atom stereocenters. The third-order valence-corrected chi connectivity index (χ3v) is 13.1. The quantitative estimate of drug-likeness (QED) is 0.153. The molecule has 8 aromatic carbocycles. The summed E-state index contributed by atoms with van der Waals surface area (Å²) < 4.78 is 4.86. The maximum Gasteiger partial charge on any atom is 0.160 e. The van der Waals surface area contributed by atoms with Gasteiger partial charge in [-0.05, 0) is 118 Å². The van der Waals surface area contributed by atoms with Crippen molar-refractivity contribution < 1.29 is 0 Å². The van der Waals surface area contributed by atoms with Gasteiger partial charge in [-0.25, -0.2) is 9.97 Å². The Kier molecular flexibility index (Phi) is 9.39. The zero-order chi connectivity index (χ0) is 45.0. The minimum absolute atomic E-state index is 0.646. The Morgan fingerprint density at radius 3 is 1.13 bits per heavy atom. The molecule has 13 aromatic rings. The Labute approximate surface area is 392 Å². The van der Waals surface area contributed by atoms with E-state index in [1.165, 1.54) is 43.8 Å². The van der Waals surface area contributed by atoms with Gasteiger partial charge in [-0.1, -0.05) is 133 Å². The van der Waals surface area contributed by atoms with Gasteiger partial charge in [-0.2, -0.15) is 0 Å². The van der Waals surface area contributed by atoms with Crippen LogP contribution < -0.4 is 0 Å². The lowest BCUT2D eigenvalue weighted by Crippen LogP contribution is -2.00. The Morgan fingerprint density at radius 1 is 0.250 bits per heavy atom. The minimum Gasteiger partial charge on any atom is -0.309 e. The monoisotopic (exact) mass is 868 g/mol. The molecule has 0 aliphatic carbocycles. The highest BCUT2D eigenvalue weighted by atomic mass is 15.0. The van der Waals surface area contributed by atoms with Gasteiger partial charge in [0.25, 0.3) is 0 Å². The lowest BCUT2D eigenvalue weighted by atomic mass is 10.0. The fourth-order valence-electron chi connectivity index (χ4n) is 9.87. The van der Waals surface area contributed by atoms with Gasteiger partial charge in [-0.15, -0.1) is 0 Å². The molecule has 0 unspecified atom stereocenters. The number of hydrogen-bond donors (Lipinski definition) is 0. The molecule has 0 saturated carbocycles. The normalized spacial score (nSPS) is 11.5. The maximum atomic E-state index is 5.10. The van der Waals surface area contributed by atoms with Crippen LogP contribution in [0.3, 0.4) is 0 Å². The number of benzene rings is 8. The molecular weight excluding hydrogens is 829 g/mol. The second-order valence-corrected chi connectivity index (χ2v) is 17.2. The topological polar surface area (TPSA) is 61.4 Å². The van der Waals surface area contributed by atoms with Crippen LogP contribution >= 0.6 is 0 Å². The number of fused-ring (bicyclic) bond motifs is 6. The molecule has 0 fully saturated rings. The first-order chi connectivity index (χ1) is 33.7. The molecule has 0 bridgehead atoms. The summed E-state index contributed by atoms with van der Waals surface area (Å²) in [5.74, 6) is 0.646. The van der Waals surface area contributed by atoms with E-state index in [0.29, 0.717) is 5.82 Å². The third-order valence-electron chi connectivity index (χ3n) is 13.1. The maximum absolute atomic E-state index is 5.10. The molecule has 5 aromatic heterocycles. The summed E-state index contributed by atoms with van der Waals surface area (Å²) >= 11 is 0. The van der Waals surface area contributed by atoms with Crippen LogP contribution in [0.5, 0.6) is 0 Å². The van der Waals surface area contributed by atoms with Crippen LogP contribution in [0.15, 0.2) is 243 Å². The summed E-state index contributed by atoms with van der Waals surface area (Å²) in [6.07, 6.45) is 7.18. The predicted molar refractivity (Wildman–Crippen MR) is 279 cm³/mol. The van der Waals surface area contributed by atoms with E-state index in [1.54, 1.807) is 24.8 Å². The van der Waals surface area contributed by atoms with Gasteiger partial charge in [0.1, 0.15) is 0 Å². The van der Waals surface area contributed by atoms with Crippen LogP contribution in [0.1, 0.15) is 0 Å². The van der Waals surface area contributed by atoms with Crippen molar-refractivity contribution in [3.63, 3.8) is 0 Å². The number of nitrogens with zero attached hydrogens (tertiary/aromatic N) is 6. The molecule has 0 N–H and O–H groups in total. The first kappa shape index (κ1) is 39.1. The van der Waals surface area contributed by atoms with Crippen molar-refractivity contribution in [2.24, 2.45) is 0 Å². The summed E-state index contributed by atoms with van der Waals surface area (Å²) in [5, 5.41) is 4.84. The van der Waals surface area contributed by atoms with Gasteiger partial charge in [0, 0.05) is 74.4 Å². The lowest BCUT2D eigenvalue weighted by Gasteiger charge is -2.16. The number of rotatable bonds is 8. The number of pyridine rings is 2. The zero-order valence-corrected chi connectivity index (χ0v) is 36.8. The molecule has 0 saturated heterocycles. The van der Waals surface area contributed by atoms with Crippen LogP contribution in [0, 0.1) is 0 Å². The highest BCUT2D eigenvalue weighted by Crippen LogP contribution is 2.40. The zero-order valence-electron chi connectivity index (χ0n) is 36.8. The molecule has 5 heterocycles. The van der Waals surface area contributed by atoms with Gasteiger partial charge >= 0.3 is 0 Å². The standard InChI is InChI=1S/C62H40N6/c1-3-11-41(12-4-1)47-23-25-60-54(37-47)52-15-7-9-17-58(52)67(60)50-35-49(36-51(39-50)68-59-18-10-8-16-53(59)55-38-48(24-26-61(55)68)42-13-5-2-6-14-42)43-19-21-46(22-20-43)62-65-56(44-27-31-63-32-28-44)40-57(66-62)45-29-33-64-34-30-45/h1-40H.